The van der Waals surface area contributed by atoms with Crippen LogP contribution in [-0.2, 0) is 5.41 Å². The van der Waals surface area contributed by atoms with Gasteiger partial charge in [0.05, 0.1) is 5.60 Å². The zero-order valence-corrected chi connectivity index (χ0v) is 10.4. The third-order valence-corrected chi connectivity index (χ3v) is 4.12. The highest BCUT2D eigenvalue weighted by atomic mass is 16.3. The maximum absolute atomic E-state index is 10.2. The van der Waals surface area contributed by atoms with Gasteiger partial charge in [0.2, 0.25) is 0 Å². The molecule has 1 N–H and O–H groups in total. The quantitative estimate of drug-likeness (QED) is 0.714. The summed E-state index contributed by atoms with van der Waals surface area (Å²) in [6.07, 6.45) is 1.78. The standard InChI is InChI=1S/C15H20O/c1-11-5-7-13(8-6-11)14(3)9-10-15(4,16)12(14)2/h5-8,16H,2,9-10H2,1,3-4H3. The van der Waals surface area contributed by atoms with E-state index in [1.54, 1.807) is 0 Å². The molecule has 86 valence electrons. The molecule has 0 spiro atoms. The molecule has 16 heavy (non-hydrogen) atoms. The lowest BCUT2D eigenvalue weighted by molar-refractivity contribution is 0.105. The summed E-state index contributed by atoms with van der Waals surface area (Å²) in [6, 6.07) is 8.56. The van der Waals surface area contributed by atoms with Crippen molar-refractivity contribution in [1.29, 1.82) is 0 Å². The molecule has 0 heterocycles. The number of hydrogen-bond donors (Lipinski definition) is 1. The molecule has 1 aliphatic carbocycles. The molecule has 0 radical (unpaired) electrons. The van der Waals surface area contributed by atoms with Crippen LogP contribution in [0.4, 0.5) is 0 Å². The first kappa shape index (κ1) is 11.4. The molecule has 1 aromatic carbocycles. The van der Waals surface area contributed by atoms with E-state index >= 15 is 0 Å². The van der Waals surface area contributed by atoms with Crippen LogP contribution in [0.1, 0.15) is 37.8 Å². The molecule has 1 aromatic rings. The monoisotopic (exact) mass is 216 g/mol. The Balaban J connectivity index is 2.41. The van der Waals surface area contributed by atoms with Crippen LogP contribution in [0.3, 0.4) is 0 Å². The maximum atomic E-state index is 10.2. The third kappa shape index (κ3) is 1.60. The number of rotatable bonds is 1. The lowest BCUT2D eigenvalue weighted by atomic mass is 9.76. The average Bonchev–Trinajstić information content (AvgIpc) is 2.45. The third-order valence-electron chi connectivity index (χ3n) is 4.12. The van der Waals surface area contributed by atoms with Crippen LogP contribution in [0.5, 0.6) is 0 Å². The summed E-state index contributed by atoms with van der Waals surface area (Å²) in [7, 11) is 0. The highest BCUT2D eigenvalue weighted by Gasteiger charge is 2.46. The first-order valence-corrected chi connectivity index (χ1v) is 5.86. The summed E-state index contributed by atoms with van der Waals surface area (Å²) >= 11 is 0. The Morgan fingerprint density at radius 1 is 1.12 bits per heavy atom. The summed E-state index contributed by atoms with van der Waals surface area (Å²) in [5.41, 5.74) is 2.70. The van der Waals surface area contributed by atoms with Gasteiger partial charge in [-0.15, -0.1) is 0 Å². The molecule has 1 saturated carbocycles. The molecule has 1 heteroatoms. The van der Waals surface area contributed by atoms with Gasteiger partial charge in [0.15, 0.2) is 0 Å². The maximum Gasteiger partial charge on any atom is 0.0835 e. The Bertz CT molecular complexity index is 414. The summed E-state index contributed by atoms with van der Waals surface area (Å²) in [6.45, 7) is 10.2. The first-order chi connectivity index (χ1) is 7.36. The van der Waals surface area contributed by atoms with E-state index in [-0.39, 0.29) is 5.41 Å². The zero-order valence-electron chi connectivity index (χ0n) is 10.4. The van der Waals surface area contributed by atoms with E-state index in [4.69, 9.17) is 0 Å². The van der Waals surface area contributed by atoms with E-state index in [1.807, 2.05) is 6.92 Å². The minimum Gasteiger partial charge on any atom is -0.386 e. The molecule has 2 unspecified atom stereocenters. The Morgan fingerprint density at radius 3 is 2.12 bits per heavy atom. The van der Waals surface area contributed by atoms with Gasteiger partial charge in [-0.1, -0.05) is 43.3 Å². The number of aryl methyl sites for hydroxylation is 1. The second-order valence-electron chi connectivity index (χ2n) is 5.45. The summed E-state index contributed by atoms with van der Waals surface area (Å²) in [4.78, 5) is 0. The molecule has 1 nitrogen and oxygen atoms in total. The molecular formula is C15H20O. The van der Waals surface area contributed by atoms with Gasteiger partial charge < -0.3 is 5.11 Å². The van der Waals surface area contributed by atoms with Gasteiger partial charge in [-0.25, -0.2) is 0 Å². The predicted molar refractivity (Wildman–Crippen MR) is 67.5 cm³/mol. The van der Waals surface area contributed by atoms with Crippen LogP contribution in [-0.4, -0.2) is 10.7 Å². The van der Waals surface area contributed by atoms with E-state index in [9.17, 15) is 5.11 Å². The van der Waals surface area contributed by atoms with Gasteiger partial charge >= 0.3 is 0 Å². The van der Waals surface area contributed by atoms with Crippen molar-refractivity contribution in [2.24, 2.45) is 0 Å². The largest absolute Gasteiger partial charge is 0.386 e. The summed E-state index contributed by atoms with van der Waals surface area (Å²) < 4.78 is 0. The minimum absolute atomic E-state index is 0.0722. The number of aliphatic hydroxyl groups is 1. The molecule has 1 fully saturated rings. The molecule has 0 amide bonds. The number of hydrogen-bond acceptors (Lipinski definition) is 1. The van der Waals surface area contributed by atoms with E-state index in [0.717, 1.165) is 18.4 Å². The van der Waals surface area contributed by atoms with Crippen molar-refractivity contribution in [1.82, 2.24) is 0 Å². The lowest BCUT2D eigenvalue weighted by Gasteiger charge is -2.30. The SMILES string of the molecule is C=C1C(C)(O)CCC1(C)c1ccc(C)cc1. The van der Waals surface area contributed by atoms with Crippen LogP contribution in [0.2, 0.25) is 0 Å². The van der Waals surface area contributed by atoms with Crippen LogP contribution < -0.4 is 0 Å². The second-order valence-corrected chi connectivity index (χ2v) is 5.45. The highest BCUT2D eigenvalue weighted by Crippen LogP contribution is 2.49. The highest BCUT2D eigenvalue weighted by molar-refractivity contribution is 5.42. The van der Waals surface area contributed by atoms with E-state index in [0.29, 0.717) is 0 Å². The number of benzene rings is 1. The van der Waals surface area contributed by atoms with Crippen molar-refractivity contribution in [2.45, 2.75) is 44.6 Å². The molecular weight excluding hydrogens is 196 g/mol. The topological polar surface area (TPSA) is 20.2 Å². The van der Waals surface area contributed by atoms with Crippen molar-refractivity contribution in [3.05, 3.63) is 47.5 Å². The van der Waals surface area contributed by atoms with Gasteiger partial charge in [0, 0.05) is 5.41 Å². The van der Waals surface area contributed by atoms with Gasteiger partial charge in [-0.05, 0) is 37.8 Å². The molecule has 0 aliphatic heterocycles. The average molecular weight is 216 g/mol. The van der Waals surface area contributed by atoms with Gasteiger partial charge in [-0.2, -0.15) is 0 Å². The fraction of sp³-hybridized carbons (Fsp3) is 0.467. The first-order valence-electron chi connectivity index (χ1n) is 5.86. The smallest absolute Gasteiger partial charge is 0.0835 e. The molecule has 0 aromatic heterocycles. The lowest BCUT2D eigenvalue weighted by Crippen LogP contribution is -2.28. The van der Waals surface area contributed by atoms with Crippen LogP contribution >= 0.6 is 0 Å². The van der Waals surface area contributed by atoms with Gasteiger partial charge in [0.25, 0.3) is 0 Å². The molecule has 2 atom stereocenters. The fourth-order valence-electron chi connectivity index (χ4n) is 2.63. The van der Waals surface area contributed by atoms with Crippen molar-refractivity contribution < 1.29 is 5.11 Å². The Hall–Kier alpha value is -1.08. The van der Waals surface area contributed by atoms with Crippen molar-refractivity contribution >= 4 is 0 Å². The van der Waals surface area contributed by atoms with E-state index in [2.05, 4.69) is 44.7 Å². The Labute approximate surface area is 97.8 Å². The van der Waals surface area contributed by atoms with Crippen molar-refractivity contribution in [3.63, 3.8) is 0 Å². The molecule has 2 rings (SSSR count). The van der Waals surface area contributed by atoms with Gasteiger partial charge in [0.1, 0.15) is 0 Å². The van der Waals surface area contributed by atoms with E-state index < -0.39 is 5.60 Å². The van der Waals surface area contributed by atoms with Gasteiger partial charge in [-0.3, -0.25) is 0 Å². The molecule has 0 bridgehead atoms. The van der Waals surface area contributed by atoms with Crippen LogP contribution in [0.15, 0.2) is 36.4 Å². The molecule has 0 saturated heterocycles. The normalized spacial score (nSPS) is 34.4. The van der Waals surface area contributed by atoms with Crippen LogP contribution in [0.25, 0.3) is 0 Å². The Kier molecular flexibility index (Phi) is 2.47. The van der Waals surface area contributed by atoms with Crippen LogP contribution in [0, 0.1) is 6.92 Å². The predicted octanol–water partition coefficient (Wildman–Crippen LogP) is 3.35. The summed E-state index contributed by atoms with van der Waals surface area (Å²) in [5.74, 6) is 0. The van der Waals surface area contributed by atoms with E-state index in [1.165, 1.54) is 11.1 Å². The zero-order chi connectivity index (χ0) is 12.0. The van der Waals surface area contributed by atoms with Crippen molar-refractivity contribution in [2.75, 3.05) is 0 Å². The molecule has 1 aliphatic rings. The Morgan fingerprint density at radius 2 is 1.69 bits per heavy atom. The van der Waals surface area contributed by atoms with Crippen molar-refractivity contribution in [3.8, 4) is 0 Å². The second kappa shape index (κ2) is 3.46. The summed E-state index contributed by atoms with van der Waals surface area (Å²) in [5, 5.41) is 10.2. The minimum atomic E-state index is -0.709. The fourth-order valence-corrected chi connectivity index (χ4v) is 2.63.